The van der Waals surface area contributed by atoms with Crippen LogP contribution in [0, 0.1) is 5.92 Å². The molecule has 0 bridgehead atoms. The predicted molar refractivity (Wildman–Crippen MR) is 91.4 cm³/mol. The fourth-order valence-corrected chi connectivity index (χ4v) is 5.60. The van der Waals surface area contributed by atoms with Gasteiger partial charge in [-0.25, -0.2) is 8.42 Å². The fraction of sp³-hybridized carbons (Fsp3) is 0.750. The molecule has 0 radical (unpaired) electrons. The first-order valence-electron chi connectivity index (χ1n) is 8.61. The molecule has 1 aromatic heterocycles. The number of amides is 1. The quantitative estimate of drug-likeness (QED) is 0.814. The first-order valence-corrected chi connectivity index (χ1v) is 10.4. The van der Waals surface area contributed by atoms with E-state index in [0.29, 0.717) is 19.5 Å². The standard InChI is InChI=1S/C16H26N4O3S/c1-3-5-20(13-4-6-24(22,23)11-13)16(21)15-9-17-8-14(15)12-7-18-19(2)10-12/h7,10,13-15,17H,3-6,8-9,11H2,1-2H3/t13?,14-,15+/m1/s1. The van der Waals surface area contributed by atoms with Crippen LogP contribution in [-0.4, -0.2) is 66.2 Å². The van der Waals surface area contributed by atoms with Gasteiger partial charge in [0.15, 0.2) is 9.84 Å². The summed E-state index contributed by atoms with van der Waals surface area (Å²) >= 11 is 0. The second-order valence-corrected chi connectivity index (χ2v) is 9.14. The van der Waals surface area contributed by atoms with Gasteiger partial charge in [0.25, 0.3) is 0 Å². The molecule has 8 heteroatoms. The first-order chi connectivity index (χ1) is 11.4. The molecule has 3 heterocycles. The maximum absolute atomic E-state index is 13.2. The molecule has 0 aliphatic carbocycles. The third kappa shape index (κ3) is 3.49. The molecule has 3 rings (SSSR count). The third-order valence-corrected chi connectivity index (χ3v) is 6.83. The zero-order chi connectivity index (χ0) is 17.3. The lowest BCUT2D eigenvalue weighted by Gasteiger charge is -2.32. The van der Waals surface area contributed by atoms with Gasteiger partial charge in [0.05, 0.1) is 23.6 Å². The molecule has 1 amide bonds. The van der Waals surface area contributed by atoms with Gasteiger partial charge < -0.3 is 10.2 Å². The van der Waals surface area contributed by atoms with E-state index in [0.717, 1.165) is 18.5 Å². The minimum Gasteiger partial charge on any atom is -0.338 e. The normalized spacial score (nSPS) is 29.0. The highest BCUT2D eigenvalue weighted by molar-refractivity contribution is 7.91. The van der Waals surface area contributed by atoms with Crippen LogP contribution in [0.1, 0.15) is 31.2 Å². The summed E-state index contributed by atoms with van der Waals surface area (Å²) in [4.78, 5) is 15.0. The largest absolute Gasteiger partial charge is 0.338 e. The van der Waals surface area contributed by atoms with Crippen LogP contribution in [0.4, 0.5) is 0 Å². The van der Waals surface area contributed by atoms with Gasteiger partial charge in [0.1, 0.15) is 0 Å². The first kappa shape index (κ1) is 17.4. The van der Waals surface area contributed by atoms with Crippen LogP contribution in [0.25, 0.3) is 0 Å². The van der Waals surface area contributed by atoms with E-state index >= 15 is 0 Å². The van der Waals surface area contributed by atoms with E-state index in [1.54, 1.807) is 4.68 Å². The number of carbonyl (C=O) groups is 1. The molecule has 3 atom stereocenters. The van der Waals surface area contributed by atoms with Crippen molar-refractivity contribution in [3.8, 4) is 0 Å². The van der Waals surface area contributed by atoms with Crippen LogP contribution in [0.5, 0.6) is 0 Å². The SMILES string of the molecule is CCCN(C(=O)[C@H]1CNC[C@@H]1c1cnn(C)c1)C1CCS(=O)(=O)C1. The summed E-state index contributed by atoms with van der Waals surface area (Å²) in [6.45, 7) is 4.04. The van der Waals surface area contributed by atoms with Gasteiger partial charge in [0, 0.05) is 44.8 Å². The van der Waals surface area contributed by atoms with Crippen molar-refractivity contribution in [2.75, 3.05) is 31.1 Å². The average Bonchev–Trinajstić information content (AvgIpc) is 3.23. The Balaban J connectivity index is 1.79. The predicted octanol–water partition coefficient (Wildman–Crippen LogP) is 0.149. The lowest BCUT2D eigenvalue weighted by molar-refractivity contribution is -0.137. The number of rotatable bonds is 5. The molecular formula is C16H26N4O3S. The molecule has 2 saturated heterocycles. The molecule has 2 aliphatic rings. The number of nitrogens with one attached hydrogen (secondary N) is 1. The summed E-state index contributed by atoms with van der Waals surface area (Å²) in [6.07, 6.45) is 5.18. The molecule has 0 spiro atoms. The van der Waals surface area contributed by atoms with Crippen molar-refractivity contribution in [1.29, 1.82) is 0 Å². The van der Waals surface area contributed by atoms with Crippen LogP contribution < -0.4 is 5.32 Å². The van der Waals surface area contributed by atoms with E-state index in [1.807, 2.05) is 31.3 Å². The van der Waals surface area contributed by atoms with E-state index in [9.17, 15) is 13.2 Å². The molecule has 1 unspecified atom stereocenters. The van der Waals surface area contributed by atoms with E-state index in [1.165, 1.54) is 0 Å². The number of hydrogen-bond acceptors (Lipinski definition) is 5. The van der Waals surface area contributed by atoms with Gasteiger partial charge in [0.2, 0.25) is 5.91 Å². The van der Waals surface area contributed by atoms with Crippen LogP contribution in [0.2, 0.25) is 0 Å². The van der Waals surface area contributed by atoms with Gasteiger partial charge in [-0.15, -0.1) is 0 Å². The van der Waals surface area contributed by atoms with Gasteiger partial charge in [-0.05, 0) is 18.4 Å². The van der Waals surface area contributed by atoms with Gasteiger partial charge in [-0.2, -0.15) is 5.10 Å². The van der Waals surface area contributed by atoms with Gasteiger partial charge in [-0.1, -0.05) is 6.92 Å². The van der Waals surface area contributed by atoms with E-state index in [4.69, 9.17) is 0 Å². The summed E-state index contributed by atoms with van der Waals surface area (Å²) in [5, 5.41) is 7.53. The van der Waals surface area contributed by atoms with Crippen LogP contribution in [0.15, 0.2) is 12.4 Å². The zero-order valence-corrected chi connectivity index (χ0v) is 15.1. The number of carbonyl (C=O) groups excluding carboxylic acids is 1. The number of hydrogen-bond donors (Lipinski definition) is 1. The summed E-state index contributed by atoms with van der Waals surface area (Å²) in [5.41, 5.74) is 1.07. The lowest BCUT2D eigenvalue weighted by Crippen LogP contribution is -2.46. The van der Waals surface area contributed by atoms with Crippen LogP contribution in [-0.2, 0) is 21.7 Å². The highest BCUT2D eigenvalue weighted by Crippen LogP contribution is 2.31. The number of sulfone groups is 1. The van der Waals surface area contributed by atoms with Crippen molar-refractivity contribution in [1.82, 2.24) is 20.0 Å². The highest BCUT2D eigenvalue weighted by Gasteiger charge is 2.41. The van der Waals surface area contributed by atoms with E-state index in [-0.39, 0.29) is 35.3 Å². The molecular weight excluding hydrogens is 328 g/mol. The zero-order valence-electron chi connectivity index (χ0n) is 14.3. The molecule has 24 heavy (non-hydrogen) atoms. The molecule has 2 fully saturated rings. The van der Waals surface area contributed by atoms with Crippen molar-refractivity contribution in [2.45, 2.75) is 31.7 Å². The summed E-state index contributed by atoms with van der Waals surface area (Å²) in [6, 6.07) is -0.169. The number of aromatic nitrogens is 2. The Hall–Kier alpha value is -1.41. The molecule has 0 aromatic carbocycles. The molecule has 134 valence electrons. The smallest absolute Gasteiger partial charge is 0.227 e. The van der Waals surface area contributed by atoms with Crippen molar-refractivity contribution >= 4 is 15.7 Å². The number of nitrogens with zero attached hydrogens (tertiary/aromatic N) is 3. The lowest BCUT2D eigenvalue weighted by atomic mass is 9.89. The molecule has 2 aliphatic heterocycles. The fourth-order valence-electron chi connectivity index (χ4n) is 3.87. The Morgan fingerprint density at radius 1 is 1.46 bits per heavy atom. The second-order valence-electron chi connectivity index (χ2n) is 6.91. The topological polar surface area (TPSA) is 84.3 Å². The van der Waals surface area contributed by atoms with Crippen molar-refractivity contribution in [2.24, 2.45) is 13.0 Å². The Morgan fingerprint density at radius 3 is 2.83 bits per heavy atom. The van der Waals surface area contributed by atoms with Gasteiger partial charge in [-0.3, -0.25) is 9.48 Å². The van der Waals surface area contributed by atoms with Crippen molar-refractivity contribution in [3.05, 3.63) is 18.0 Å². The minimum absolute atomic E-state index is 0.0813. The van der Waals surface area contributed by atoms with E-state index < -0.39 is 9.84 Å². The molecule has 1 aromatic rings. The van der Waals surface area contributed by atoms with Crippen molar-refractivity contribution < 1.29 is 13.2 Å². The van der Waals surface area contributed by atoms with Crippen molar-refractivity contribution in [3.63, 3.8) is 0 Å². The van der Waals surface area contributed by atoms with Gasteiger partial charge >= 0.3 is 0 Å². The Morgan fingerprint density at radius 2 is 2.25 bits per heavy atom. The Bertz CT molecular complexity index is 700. The maximum atomic E-state index is 13.2. The molecule has 1 N–H and O–H groups in total. The second kappa shape index (κ2) is 6.84. The Kier molecular flexibility index (Phi) is 4.96. The average molecular weight is 354 g/mol. The third-order valence-electron chi connectivity index (χ3n) is 5.08. The van der Waals surface area contributed by atoms with E-state index in [2.05, 4.69) is 10.4 Å². The molecule has 0 saturated carbocycles. The summed E-state index contributed by atoms with van der Waals surface area (Å²) < 4.78 is 25.4. The summed E-state index contributed by atoms with van der Waals surface area (Å²) in [7, 11) is -1.13. The number of aryl methyl sites for hydroxylation is 1. The minimum atomic E-state index is -3.00. The summed E-state index contributed by atoms with van der Waals surface area (Å²) in [5.74, 6) is 0.335. The van der Waals surface area contributed by atoms with Crippen LogP contribution in [0.3, 0.4) is 0 Å². The Labute approximate surface area is 143 Å². The molecule has 7 nitrogen and oxygen atoms in total. The monoisotopic (exact) mass is 354 g/mol. The maximum Gasteiger partial charge on any atom is 0.227 e. The highest BCUT2D eigenvalue weighted by atomic mass is 32.2. The van der Waals surface area contributed by atoms with Crippen LogP contribution >= 0.6 is 0 Å².